The predicted molar refractivity (Wildman–Crippen MR) is 74.5 cm³/mol. The summed E-state index contributed by atoms with van der Waals surface area (Å²) in [4.78, 5) is 24.5. The third kappa shape index (κ3) is 2.37. The van der Waals surface area contributed by atoms with Gasteiger partial charge in [0.1, 0.15) is 6.33 Å². The van der Waals surface area contributed by atoms with Gasteiger partial charge >= 0.3 is 5.97 Å². The fourth-order valence-electron chi connectivity index (χ4n) is 2.48. The molecule has 1 fully saturated rings. The number of aromatic nitrogens is 3. The Bertz CT molecular complexity index is 710. The molecule has 7 heteroatoms. The number of aliphatic carboxylic acids is 1. The van der Waals surface area contributed by atoms with Gasteiger partial charge in [0, 0.05) is 31.3 Å². The lowest BCUT2D eigenvalue weighted by atomic mass is 10.1. The molecule has 1 aromatic carbocycles. The number of nitrogens with zero attached hydrogens (tertiary/aromatic N) is 4. The number of benzene rings is 1. The van der Waals surface area contributed by atoms with Crippen molar-refractivity contribution < 1.29 is 14.7 Å². The van der Waals surface area contributed by atoms with Crippen LogP contribution in [-0.4, -0.2) is 38.3 Å². The fraction of sp³-hybridized carbons (Fsp3) is 0.286. The van der Waals surface area contributed by atoms with Gasteiger partial charge in [0.2, 0.25) is 5.91 Å². The van der Waals surface area contributed by atoms with Crippen LogP contribution in [0, 0.1) is 5.92 Å². The van der Waals surface area contributed by atoms with Gasteiger partial charge in [0.05, 0.1) is 5.92 Å². The van der Waals surface area contributed by atoms with Gasteiger partial charge in [-0.05, 0) is 12.1 Å². The van der Waals surface area contributed by atoms with E-state index in [1.165, 1.54) is 4.90 Å². The van der Waals surface area contributed by atoms with Crippen molar-refractivity contribution in [1.82, 2.24) is 14.8 Å². The molecule has 0 bridgehead atoms. The molecule has 1 saturated heterocycles. The molecule has 2 aromatic rings. The number of carboxylic acid groups (broad SMARTS) is 1. The summed E-state index contributed by atoms with van der Waals surface area (Å²) in [7, 11) is 1.84. The van der Waals surface area contributed by atoms with Gasteiger partial charge in [-0.3, -0.25) is 9.59 Å². The molecular weight excluding hydrogens is 272 g/mol. The molecule has 1 aliphatic heterocycles. The maximum atomic E-state index is 12.0. The van der Waals surface area contributed by atoms with Crippen molar-refractivity contribution in [1.29, 1.82) is 0 Å². The SMILES string of the molecule is Cn1cnnc1-c1cccc(N2CC(C(=O)O)CC2=O)c1. The second kappa shape index (κ2) is 5.01. The third-order valence-corrected chi connectivity index (χ3v) is 3.60. The van der Waals surface area contributed by atoms with Crippen LogP contribution in [0.15, 0.2) is 30.6 Å². The summed E-state index contributed by atoms with van der Waals surface area (Å²) in [5.74, 6) is -1.05. The van der Waals surface area contributed by atoms with E-state index in [9.17, 15) is 9.59 Å². The lowest BCUT2D eigenvalue weighted by Crippen LogP contribution is -2.25. The van der Waals surface area contributed by atoms with E-state index in [4.69, 9.17) is 5.11 Å². The van der Waals surface area contributed by atoms with Crippen molar-refractivity contribution in [3.8, 4) is 11.4 Å². The molecule has 1 atom stereocenters. The molecule has 1 N–H and O–H groups in total. The highest BCUT2D eigenvalue weighted by Gasteiger charge is 2.35. The van der Waals surface area contributed by atoms with E-state index in [1.807, 2.05) is 25.2 Å². The largest absolute Gasteiger partial charge is 0.481 e. The first kappa shape index (κ1) is 13.3. The van der Waals surface area contributed by atoms with Gasteiger partial charge in [0.15, 0.2) is 5.82 Å². The van der Waals surface area contributed by atoms with E-state index in [2.05, 4.69) is 10.2 Å². The summed E-state index contributed by atoms with van der Waals surface area (Å²) in [6.45, 7) is 0.205. The van der Waals surface area contributed by atoms with Crippen molar-refractivity contribution in [3.05, 3.63) is 30.6 Å². The minimum Gasteiger partial charge on any atom is -0.481 e. The number of hydrogen-bond donors (Lipinski definition) is 1. The summed E-state index contributed by atoms with van der Waals surface area (Å²) in [5, 5.41) is 16.9. The zero-order valence-corrected chi connectivity index (χ0v) is 11.4. The first-order chi connectivity index (χ1) is 10.1. The normalized spacial score (nSPS) is 18.2. The Morgan fingerprint density at radius 3 is 2.86 bits per heavy atom. The third-order valence-electron chi connectivity index (χ3n) is 3.60. The molecular formula is C14H14N4O3. The first-order valence-corrected chi connectivity index (χ1v) is 6.54. The van der Waals surface area contributed by atoms with Gasteiger partial charge in [-0.25, -0.2) is 0 Å². The number of carboxylic acids is 1. The van der Waals surface area contributed by atoms with E-state index in [-0.39, 0.29) is 18.9 Å². The highest BCUT2D eigenvalue weighted by atomic mass is 16.4. The van der Waals surface area contributed by atoms with Crippen molar-refractivity contribution in [3.63, 3.8) is 0 Å². The van der Waals surface area contributed by atoms with Crippen LogP contribution < -0.4 is 4.90 Å². The molecule has 1 aliphatic rings. The standard InChI is InChI=1S/C14H14N4O3/c1-17-8-15-16-13(17)9-3-2-4-11(5-9)18-7-10(14(20)21)6-12(18)19/h2-5,8,10H,6-7H2,1H3,(H,20,21). The van der Waals surface area contributed by atoms with Crippen molar-refractivity contribution in [2.45, 2.75) is 6.42 Å². The van der Waals surface area contributed by atoms with Gasteiger partial charge in [0.25, 0.3) is 0 Å². The van der Waals surface area contributed by atoms with Crippen LogP contribution in [0.5, 0.6) is 0 Å². The maximum Gasteiger partial charge on any atom is 0.308 e. The van der Waals surface area contributed by atoms with Crippen molar-refractivity contribution in [2.75, 3.05) is 11.4 Å². The van der Waals surface area contributed by atoms with Crippen LogP contribution in [0.3, 0.4) is 0 Å². The average molecular weight is 286 g/mol. The molecule has 0 saturated carbocycles. The summed E-state index contributed by atoms with van der Waals surface area (Å²) < 4.78 is 1.78. The van der Waals surface area contributed by atoms with Crippen LogP contribution in [0.2, 0.25) is 0 Å². The van der Waals surface area contributed by atoms with E-state index in [0.29, 0.717) is 11.5 Å². The topological polar surface area (TPSA) is 88.3 Å². The van der Waals surface area contributed by atoms with Crippen LogP contribution in [-0.2, 0) is 16.6 Å². The predicted octanol–water partition coefficient (Wildman–Crippen LogP) is 0.920. The Labute approximate surface area is 120 Å². The average Bonchev–Trinajstić information content (AvgIpc) is 3.05. The van der Waals surface area contributed by atoms with Crippen molar-refractivity contribution >= 4 is 17.6 Å². The molecule has 2 heterocycles. The Morgan fingerprint density at radius 2 is 2.24 bits per heavy atom. The van der Waals surface area contributed by atoms with Crippen LogP contribution in [0.1, 0.15) is 6.42 Å². The van der Waals surface area contributed by atoms with Gasteiger partial charge in [-0.15, -0.1) is 10.2 Å². The quantitative estimate of drug-likeness (QED) is 0.906. The smallest absolute Gasteiger partial charge is 0.308 e. The Balaban J connectivity index is 1.92. The van der Waals surface area contributed by atoms with Gasteiger partial charge in [-0.2, -0.15) is 0 Å². The molecule has 7 nitrogen and oxygen atoms in total. The first-order valence-electron chi connectivity index (χ1n) is 6.54. The number of hydrogen-bond acceptors (Lipinski definition) is 4. The molecule has 1 amide bonds. The summed E-state index contributed by atoms with van der Waals surface area (Å²) >= 11 is 0. The van der Waals surface area contributed by atoms with E-state index in [1.54, 1.807) is 17.0 Å². The maximum absolute atomic E-state index is 12.0. The van der Waals surface area contributed by atoms with E-state index in [0.717, 1.165) is 5.56 Å². The Kier molecular flexibility index (Phi) is 3.17. The lowest BCUT2D eigenvalue weighted by Gasteiger charge is -2.17. The minimum absolute atomic E-state index is 0.0452. The highest BCUT2D eigenvalue weighted by Crippen LogP contribution is 2.28. The number of anilines is 1. The minimum atomic E-state index is -0.935. The molecule has 21 heavy (non-hydrogen) atoms. The summed E-state index contributed by atoms with van der Waals surface area (Å²) in [6, 6.07) is 7.32. The number of aryl methyl sites for hydroxylation is 1. The van der Waals surface area contributed by atoms with Crippen LogP contribution >= 0.6 is 0 Å². The van der Waals surface area contributed by atoms with Crippen molar-refractivity contribution in [2.24, 2.45) is 13.0 Å². The molecule has 1 unspecified atom stereocenters. The number of amides is 1. The molecule has 0 aliphatic carbocycles. The Hall–Kier alpha value is -2.70. The molecule has 3 rings (SSSR count). The monoisotopic (exact) mass is 286 g/mol. The zero-order valence-electron chi connectivity index (χ0n) is 11.4. The molecule has 1 aromatic heterocycles. The fourth-order valence-corrected chi connectivity index (χ4v) is 2.48. The van der Waals surface area contributed by atoms with Gasteiger partial charge < -0.3 is 14.6 Å². The second-order valence-electron chi connectivity index (χ2n) is 5.06. The number of carbonyl (C=O) groups excluding carboxylic acids is 1. The van der Waals surface area contributed by atoms with E-state index >= 15 is 0 Å². The van der Waals surface area contributed by atoms with E-state index < -0.39 is 11.9 Å². The summed E-state index contributed by atoms with van der Waals surface area (Å²) in [6.07, 6.45) is 1.65. The number of carbonyl (C=O) groups is 2. The van der Waals surface area contributed by atoms with Crippen LogP contribution in [0.4, 0.5) is 5.69 Å². The van der Waals surface area contributed by atoms with Gasteiger partial charge in [-0.1, -0.05) is 12.1 Å². The molecule has 0 spiro atoms. The lowest BCUT2D eigenvalue weighted by molar-refractivity contribution is -0.141. The number of rotatable bonds is 3. The molecule has 0 radical (unpaired) electrons. The zero-order chi connectivity index (χ0) is 15.0. The summed E-state index contributed by atoms with van der Waals surface area (Å²) in [5.41, 5.74) is 1.52. The highest BCUT2D eigenvalue weighted by molar-refractivity contribution is 5.99. The molecule has 108 valence electrons. The second-order valence-corrected chi connectivity index (χ2v) is 5.06. The Morgan fingerprint density at radius 1 is 1.43 bits per heavy atom. The van der Waals surface area contributed by atoms with Crippen LogP contribution in [0.25, 0.3) is 11.4 Å².